The van der Waals surface area contributed by atoms with Crippen molar-refractivity contribution in [1.29, 1.82) is 0 Å². The lowest BCUT2D eigenvalue weighted by Crippen LogP contribution is -2.56. The second-order valence-corrected chi connectivity index (χ2v) is 5.90. The zero-order chi connectivity index (χ0) is 12.9. The van der Waals surface area contributed by atoms with Gasteiger partial charge in [-0.15, -0.1) is 0 Å². The van der Waals surface area contributed by atoms with Crippen LogP contribution in [0, 0.1) is 0 Å². The molecule has 0 amide bonds. The second kappa shape index (κ2) is 6.53. The summed E-state index contributed by atoms with van der Waals surface area (Å²) in [7, 11) is 6.44. The van der Waals surface area contributed by atoms with Crippen LogP contribution in [0.3, 0.4) is 0 Å². The Morgan fingerprint density at radius 2 is 2.18 bits per heavy atom. The van der Waals surface area contributed by atoms with Crippen molar-refractivity contribution in [3.8, 4) is 0 Å². The van der Waals surface area contributed by atoms with Gasteiger partial charge in [0.1, 0.15) is 0 Å². The van der Waals surface area contributed by atoms with Gasteiger partial charge < -0.3 is 10.2 Å². The summed E-state index contributed by atoms with van der Waals surface area (Å²) in [6.07, 6.45) is 3.52. The maximum Gasteiger partial charge on any atom is 0.0325 e. The summed E-state index contributed by atoms with van der Waals surface area (Å²) in [5.41, 5.74) is 1.69. The van der Waals surface area contributed by atoms with Crippen LogP contribution in [-0.4, -0.2) is 37.6 Å². The molecule has 2 nitrogen and oxygen atoms in total. The minimum Gasteiger partial charge on any atom is -0.315 e. The Labute approximate surface area is 110 Å². The minimum atomic E-state index is 0.227. The molecule has 0 spiro atoms. The number of hydrogen-bond acceptors (Lipinski definition) is 3. The highest BCUT2D eigenvalue weighted by Gasteiger charge is 2.33. The first-order chi connectivity index (χ1) is 8.04. The molecule has 2 unspecified atom stereocenters. The van der Waals surface area contributed by atoms with Crippen LogP contribution < -0.4 is 5.32 Å². The normalized spacial score (nSPS) is 17.1. The Morgan fingerprint density at radius 3 is 2.59 bits per heavy atom. The maximum atomic E-state index is 3.50. The van der Waals surface area contributed by atoms with Gasteiger partial charge in [-0.25, -0.2) is 0 Å². The number of hydrogen-bond donors (Lipinski definition) is 1. The number of nitrogens with zero attached hydrogens (tertiary/aromatic N) is 1. The third-order valence-corrected chi connectivity index (χ3v) is 4.87. The van der Waals surface area contributed by atoms with Gasteiger partial charge in [0.25, 0.3) is 0 Å². The topological polar surface area (TPSA) is 15.3 Å². The first-order valence-corrected chi connectivity index (χ1v) is 7.34. The molecule has 0 aliphatic rings. The van der Waals surface area contributed by atoms with E-state index in [2.05, 4.69) is 62.0 Å². The fraction of sp³-hybridized carbons (Fsp3) is 0.714. The number of rotatable bonds is 7. The lowest BCUT2D eigenvalue weighted by Gasteiger charge is -2.42. The van der Waals surface area contributed by atoms with Crippen LogP contribution in [0.25, 0.3) is 0 Å². The molecular weight excluding hydrogens is 228 g/mol. The van der Waals surface area contributed by atoms with Gasteiger partial charge in [-0.2, -0.15) is 11.3 Å². The van der Waals surface area contributed by atoms with Gasteiger partial charge in [0, 0.05) is 11.6 Å². The Morgan fingerprint density at radius 1 is 1.47 bits per heavy atom. The van der Waals surface area contributed by atoms with Crippen molar-refractivity contribution in [2.24, 2.45) is 0 Å². The summed E-state index contributed by atoms with van der Waals surface area (Å²) in [5.74, 6) is 0. The standard InChI is InChI=1S/C14H26N2S/c1-6-14(2,16(4)5)13(15-3)8-7-12-9-10-17-11-12/h9-11,13,15H,6-8H2,1-5H3. The highest BCUT2D eigenvalue weighted by molar-refractivity contribution is 7.07. The monoisotopic (exact) mass is 254 g/mol. The molecule has 1 N–H and O–H groups in total. The first-order valence-electron chi connectivity index (χ1n) is 6.40. The lowest BCUT2D eigenvalue weighted by atomic mass is 9.84. The van der Waals surface area contributed by atoms with Crippen molar-refractivity contribution >= 4 is 11.3 Å². The van der Waals surface area contributed by atoms with Crippen LogP contribution >= 0.6 is 11.3 Å². The fourth-order valence-corrected chi connectivity index (χ4v) is 3.09. The Balaban J connectivity index is 2.63. The quantitative estimate of drug-likeness (QED) is 0.805. The van der Waals surface area contributed by atoms with Crippen molar-refractivity contribution < 1.29 is 0 Å². The zero-order valence-corrected chi connectivity index (χ0v) is 12.6. The van der Waals surface area contributed by atoms with E-state index in [1.165, 1.54) is 18.4 Å². The van der Waals surface area contributed by atoms with Gasteiger partial charge in [0.15, 0.2) is 0 Å². The third-order valence-electron chi connectivity index (χ3n) is 4.14. The largest absolute Gasteiger partial charge is 0.315 e. The molecule has 1 rings (SSSR count). The van der Waals surface area contributed by atoms with Crippen LogP contribution in [0.15, 0.2) is 16.8 Å². The number of thiophene rings is 1. The van der Waals surface area contributed by atoms with Gasteiger partial charge in [-0.3, -0.25) is 0 Å². The van der Waals surface area contributed by atoms with E-state index in [4.69, 9.17) is 0 Å². The molecule has 2 atom stereocenters. The summed E-state index contributed by atoms with van der Waals surface area (Å²) in [6, 6.07) is 2.76. The van der Waals surface area contributed by atoms with Gasteiger partial charge >= 0.3 is 0 Å². The van der Waals surface area contributed by atoms with Gasteiger partial charge in [0.05, 0.1) is 0 Å². The summed E-state index contributed by atoms with van der Waals surface area (Å²) < 4.78 is 0. The Hall–Kier alpha value is -0.380. The van der Waals surface area contributed by atoms with Crippen LogP contribution in [0.1, 0.15) is 32.3 Å². The smallest absolute Gasteiger partial charge is 0.0325 e. The molecule has 0 fully saturated rings. The first kappa shape index (κ1) is 14.7. The molecule has 0 aromatic carbocycles. The predicted molar refractivity (Wildman–Crippen MR) is 77.9 cm³/mol. The molecule has 3 heteroatoms. The van der Waals surface area contributed by atoms with Crippen LogP contribution in [0.4, 0.5) is 0 Å². The molecule has 17 heavy (non-hydrogen) atoms. The van der Waals surface area contributed by atoms with E-state index in [0.29, 0.717) is 6.04 Å². The van der Waals surface area contributed by atoms with Crippen molar-refractivity contribution in [1.82, 2.24) is 10.2 Å². The molecule has 0 aliphatic carbocycles. The average Bonchev–Trinajstić information content (AvgIpc) is 2.82. The molecule has 0 bridgehead atoms. The van der Waals surface area contributed by atoms with Crippen molar-refractivity contribution in [2.45, 2.75) is 44.7 Å². The molecule has 98 valence electrons. The molecule has 0 saturated heterocycles. The van der Waals surface area contributed by atoms with Crippen molar-refractivity contribution in [3.63, 3.8) is 0 Å². The van der Waals surface area contributed by atoms with E-state index in [0.717, 1.165) is 6.42 Å². The third kappa shape index (κ3) is 3.54. The Bertz CT molecular complexity index is 308. The molecule has 1 aromatic rings. The highest BCUT2D eigenvalue weighted by atomic mass is 32.1. The van der Waals surface area contributed by atoms with Gasteiger partial charge in [0.2, 0.25) is 0 Å². The maximum absolute atomic E-state index is 3.50. The van der Waals surface area contributed by atoms with Crippen molar-refractivity contribution in [3.05, 3.63) is 22.4 Å². The SMILES string of the molecule is CCC(C)(C(CCc1ccsc1)NC)N(C)C. The van der Waals surface area contributed by atoms with Crippen molar-refractivity contribution in [2.75, 3.05) is 21.1 Å². The van der Waals surface area contributed by atoms with Crippen LogP contribution in [0.2, 0.25) is 0 Å². The molecule has 0 saturated carbocycles. The Kier molecular flexibility index (Phi) is 5.63. The number of nitrogens with one attached hydrogen (secondary N) is 1. The van der Waals surface area contributed by atoms with Crippen LogP contribution in [0.5, 0.6) is 0 Å². The lowest BCUT2D eigenvalue weighted by molar-refractivity contribution is 0.112. The molecule has 0 radical (unpaired) electrons. The zero-order valence-electron chi connectivity index (χ0n) is 11.8. The van der Waals surface area contributed by atoms with E-state index < -0.39 is 0 Å². The fourth-order valence-electron chi connectivity index (χ4n) is 2.39. The van der Waals surface area contributed by atoms with E-state index in [-0.39, 0.29) is 5.54 Å². The predicted octanol–water partition coefficient (Wildman–Crippen LogP) is 3.00. The molecule has 0 aliphatic heterocycles. The molecule has 1 heterocycles. The van der Waals surface area contributed by atoms with E-state index >= 15 is 0 Å². The number of likely N-dealkylation sites (N-methyl/N-ethyl adjacent to an activating group) is 2. The number of aryl methyl sites for hydroxylation is 1. The summed E-state index contributed by atoms with van der Waals surface area (Å²) >= 11 is 1.79. The molecular formula is C14H26N2S. The van der Waals surface area contributed by atoms with Gasteiger partial charge in [-0.05, 0) is 69.7 Å². The van der Waals surface area contributed by atoms with Crippen LogP contribution in [-0.2, 0) is 6.42 Å². The minimum absolute atomic E-state index is 0.227. The van der Waals surface area contributed by atoms with E-state index in [1.54, 1.807) is 11.3 Å². The van der Waals surface area contributed by atoms with E-state index in [1.807, 2.05) is 0 Å². The van der Waals surface area contributed by atoms with E-state index in [9.17, 15) is 0 Å². The summed E-state index contributed by atoms with van der Waals surface area (Å²) in [6.45, 7) is 4.62. The summed E-state index contributed by atoms with van der Waals surface area (Å²) in [4.78, 5) is 2.35. The van der Waals surface area contributed by atoms with Gasteiger partial charge in [-0.1, -0.05) is 6.92 Å². The highest BCUT2D eigenvalue weighted by Crippen LogP contribution is 2.24. The average molecular weight is 254 g/mol. The summed E-state index contributed by atoms with van der Waals surface area (Å²) in [5, 5.41) is 7.92. The molecule has 1 aromatic heterocycles. The second-order valence-electron chi connectivity index (χ2n) is 5.12.